The van der Waals surface area contributed by atoms with Crippen LogP contribution in [-0.2, 0) is 6.37 Å². The zero-order chi connectivity index (χ0) is 13.5. The van der Waals surface area contributed by atoms with Gasteiger partial charge in [0.2, 0.25) is 0 Å². The van der Waals surface area contributed by atoms with E-state index in [9.17, 15) is 0 Å². The summed E-state index contributed by atoms with van der Waals surface area (Å²) in [5, 5.41) is 0. The van der Waals surface area contributed by atoms with E-state index in [0.717, 1.165) is 0 Å². The van der Waals surface area contributed by atoms with Crippen LogP contribution in [0.5, 0.6) is 0 Å². The number of hydrogen-bond acceptors (Lipinski definition) is 0. The highest BCUT2D eigenvalue weighted by Gasteiger charge is 1.84. The maximum Gasteiger partial charge on any atom is 0.0313 e. The molecule has 0 aliphatic rings. The van der Waals surface area contributed by atoms with Gasteiger partial charge in [0.05, 0.1) is 0 Å². The van der Waals surface area contributed by atoms with Crippen molar-refractivity contribution < 1.29 is 11.0 Å². The SMILES string of the molecule is [2H]C([2H])([2H])c1ccc(C([2H])([2H])C([2H])([2H])[2H])cc1. The van der Waals surface area contributed by atoms with Gasteiger partial charge in [0, 0.05) is 11.0 Å². The van der Waals surface area contributed by atoms with Crippen molar-refractivity contribution in [2.24, 2.45) is 0 Å². The zero-order valence-corrected chi connectivity index (χ0v) is 4.81. The van der Waals surface area contributed by atoms with Gasteiger partial charge in [-0.25, -0.2) is 0 Å². The topological polar surface area (TPSA) is 0 Å². The second-order valence-electron chi connectivity index (χ2n) is 1.70. The molecule has 0 nitrogen and oxygen atoms in total. The fourth-order valence-corrected chi connectivity index (χ4v) is 0.554. The van der Waals surface area contributed by atoms with Crippen molar-refractivity contribution in [3.63, 3.8) is 0 Å². The average Bonchev–Trinajstić information content (AvgIpc) is 2.15. The minimum Gasteiger partial charge on any atom is -0.0613 e. The predicted molar refractivity (Wildman–Crippen MR) is 40.6 cm³/mol. The van der Waals surface area contributed by atoms with E-state index in [0.29, 0.717) is 0 Å². The molecule has 0 spiro atoms. The predicted octanol–water partition coefficient (Wildman–Crippen LogP) is 2.56. The molecule has 0 fully saturated rings. The van der Waals surface area contributed by atoms with Gasteiger partial charge in [-0.1, -0.05) is 36.7 Å². The van der Waals surface area contributed by atoms with Crippen molar-refractivity contribution in [3.05, 3.63) is 35.4 Å². The molecule has 0 bridgehead atoms. The van der Waals surface area contributed by atoms with Crippen LogP contribution in [0, 0.1) is 6.85 Å². The van der Waals surface area contributed by atoms with E-state index in [1.165, 1.54) is 24.3 Å². The summed E-state index contributed by atoms with van der Waals surface area (Å²) >= 11 is 0. The van der Waals surface area contributed by atoms with Gasteiger partial charge in [-0.3, -0.25) is 0 Å². The van der Waals surface area contributed by atoms with Crippen molar-refractivity contribution in [1.29, 1.82) is 0 Å². The maximum absolute atomic E-state index is 7.51. The Kier molecular flexibility index (Phi) is 0.484. The van der Waals surface area contributed by atoms with E-state index >= 15 is 0 Å². The van der Waals surface area contributed by atoms with Crippen LogP contribution in [0.1, 0.15) is 28.9 Å². The Bertz CT molecular complexity index is 383. The van der Waals surface area contributed by atoms with E-state index in [1.54, 1.807) is 0 Å². The molecule has 0 heteroatoms. The van der Waals surface area contributed by atoms with Gasteiger partial charge in [0.1, 0.15) is 0 Å². The van der Waals surface area contributed by atoms with Gasteiger partial charge in [-0.05, 0) is 18.8 Å². The van der Waals surface area contributed by atoms with Crippen molar-refractivity contribution in [2.75, 3.05) is 0 Å². The fourth-order valence-electron chi connectivity index (χ4n) is 0.554. The molecule has 1 aromatic carbocycles. The van der Waals surface area contributed by atoms with Crippen LogP contribution >= 0.6 is 0 Å². The van der Waals surface area contributed by atoms with Gasteiger partial charge in [-0.15, -0.1) is 0 Å². The van der Waals surface area contributed by atoms with E-state index in [2.05, 4.69) is 0 Å². The first-order valence-corrected chi connectivity index (χ1v) is 2.57. The molecule has 0 saturated heterocycles. The first-order chi connectivity index (χ1) is 7.46. The molecular weight excluding hydrogens is 108 g/mol. The Labute approximate surface area is 67.8 Å². The lowest BCUT2D eigenvalue weighted by molar-refractivity contribution is 1.14. The smallest absolute Gasteiger partial charge is 0.0313 e. The fraction of sp³-hybridized carbons (Fsp3) is 0.333. The highest BCUT2D eigenvalue weighted by atomic mass is 13.9. The molecule has 48 valence electrons. The molecule has 9 heavy (non-hydrogen) atoms. The average molecular weight is 128 g/mol. The molecule has 1 rings (SSSR count). The third-order valence-electron chi connectivity index (χ3n) is 1.03. The first-order valence-electron chi connectivity index (χ1n) is 6.57. The lowest BCUT2D eigenvalue weighted by Crippen LogP contribution is -1.77. The summed E-state index contributed by atoms with van der Waals surface area (Å²) in [5.41, 5.74) is 0.00749. The highest BCUT2D eigenvalue weighted by molar-refractivity contribution is 5.20. The second-order valence-corrected chi connectivity index (χ2v) is 1.70. The van der Waals surface area contributed by atoms with E-state index in [4.69, 9.17) is 11.0 Å². The quantitative estimate of drug-likeness (QED) is 0.545. The Balaban J connectivity index is 3.12. The Hall–Kier alpha value is -0.780. The lowest BCUT2D eigenvalue weighted by atomic mass is 10.1. The van der Waals surface area contributed by atoms with E-state index in [1.807, 2.05) is 0 Å². The van der Waals surface area contributed by atoms with Gasteiger partial charge < -0.3 is 0 Å². The molecule has 0 atom stereocenters. The summed E-state index contributed by atoms with van der Waals surface area (Å²) in [4.78, 5) is 0. The van der Waals surface area contributed by atoms with Crippen molar-refractivity contribution >= 4 is 0 Å². The van der Waals surface area contributed by atoms with Gasteiger partial charge in [0.25, 0.3) is 0 Å². The van der Waals surface area contributed by atoms with Crippen molar-refractivity contribution in [1.82, 2.24) is 0 Å². The highest BCUT2D eigenvalue weighted by Crippen LogP contribution is 2.02. The Morgan fingerprint density at radius 1 is 1.44 bits per heavy atom. The zero-order valence-electron chi connectivity index (χ0n) is 12.8. The minimum atomic E-state index is -2.78. The lowest BCUT2D eigenvalue weighted by Gasteiger charge is -1.94. The largest absolute Gasteiger partial charge is 0.0613 e. The molecule has 0 amide bonds. The molecule has 0 aromatic heterocycles. The molecular formula is C9H12. The molecule has 0 aliphatic carbocycles. The van der Waals surface area contributed by atoms with Gasteiger partial charge in [0.15, 0.2) is 0 Å². The van der Waals surface area contributed by atoms with Crippen LogP contribution in [-0.4, -0.2) is 0 Å². The van der Waals surface area contributed by atoms with Crippen LogP contribution in [0.3, 0.4) is 0 Å². The number of benzene rings is 1. The van der Waals surface area contributed by atoms with Gasteiger partial charge in [-0.2, -0.15) is 0 Å². The standard InChI is InChI=1S/C9H12/c1-3-9-6-4-8(2)5-7-9/h4-7H,3H2,1-2H3/i1D3,2D3,3D2. The number of aryl methyl sites for hydroxylation is 2. The molecule has 0 aliphatic heterocycles. The summed E-state index contributed by atoms with van der Waals surface area (Å²) < 4.78 is 57.8. The molecule has 0 heterocycles. The summed E-state index contributed by atoms with van der Waals surface area (Å²) in [6.45, 7) is -5.06. The maximum atomic E-state index is 7.51. The number of rotatable bonds is 1. The van der Waals surface area contributed by atoms with Crippen LogP contribution < -0.4 is 0 Å². The van der Waals surface area contributed by atoms with Crippen LogP contribution in [0.4, 0.5) is 0 Å². The Morgan fingerprint density at radius 3 is 2.78 bits per heavy atom. The molecule has 1 aromatic rings. The van der Waals surface area contributed by atoms with Crippen molar-refractivity contribution in [2.45, 2.75) is 20.1 Å². The summed E-state index contributed by atoms with van der Waals surface area (Å²) in [5.74, 6) is 0. The summed E-state index contributed by atoms with van der Waals surface area (Å²) in [7, 11) is 0. The minimum absolute atomic E-state index is 0.0505. The normalized spacial score (nSPS) is 27.1. The molecule has 0 N–H and O–H groups in total. The summed E-state index contributed by atoms with van der Waals surface area (Å²) in [6, 6.07) is 4.86. The number of hydrogen-bond donors (Lipinski definition) is 0. The van der Waals surface area contributed by atoms with Gasteiger partial charge >= 0.3 is 0 Å². The van der Waals surface area contributed by atoms with Crippen LogP contribution in [0.25, 0.3) is 0 Å². The second kappa shape index (κ2) is 2.67. The monoisotopic (exact) mass is 128 g/mol. The third kappa shape index (κ3) is 1.56. The van der Waals surface area contributed by atoms with Crippen LogP contribution in [0.15, 0.2) is 24.3 Å². The summed E-state index contributed by atoms with van der Waals surface area (Å²) in [6.07, 6.45) is -2.49. The third-order valence-corrected chi connectivity index (χ3v) is 1.03. The molecule has 0 unspecified atom stereocenters. The van der Waals surface area contributed by atoms with E-state index in [-0.39, 0.29) is 11.1 Å². The van der Waals surface area contributed by atoms with E-state index < -0.39 is 20.1 Å². The molecule has 0 radical (unpaired) electrons. The van der Waals surface area contributed by atoms with Crippen molar-refractivity contribution in [3.8, 4) is 0 Å². The first kappa shape index (κ1) is 1.63. The Morgan fingerprint density at radius 2 is 2.22 bits per heavy atom. The molecule has 0 saturated carbocycles. The van der Waals surface area contributed by atoms with Crippen LogP contribution in [0.2, 0.25) is 0 Å².